The number of halogens is 2. The van der Waals surface area contributed by atoms with Gasteiger partial charge in [-0.15, -0.1) is 0 Å². The summed E-state index contributed by atoms with van der Waals surface area (Å²) in [6.07, 6.45) is 0.618. The van der Waals surface area contributed by atoms with Crippen molar-refractivity contribution in [3.63, 3.8) is 0 Å². The summed E-state index contributed by atoms with van der Waals surface area (Å²) in [6.45, 7) is 0.694. The standard InChI is InChI=1S/C9H11ClFNO/c10-9-7(11)3-1-4-8(9)12-5-2-6-13/h1,3-4,12-13H,2,5-6H2. The zero-order valence-corrected chi connectivity index (χ0v) is 7.81. The highest BCUT2D eigenvalue weighted by molar-refractivity contribution is 6.33. The zero-order chi connectivity index (χ0) is 9.68. The van der Waals surface area contributed by atoms with Crippen LogP contribution in [-0.2, 0) is 0 Å². The van der Waals surface area contributed by atoms with Crippen LogP contribution in [0.1, 0.15) is 6.42 Å². The molecule has 0 aliphatic carbocycles. The van der Waals surface area contributed by atoms with Gasteiger partial charge in [0.1, 0.15) is 5.82 Å². The number of rotatable bonds is 4. The molecule has 0 bridgehead atoms. The van der Waals surface area contributed by atoms with Crippen molar-refractivity contribution in [3.8, 4) is 0 Å². The van der Waals surface area contributed by atoms with Gasteiger partial charge in [-0.25, -0.2) is 4.39 Å². The number of aliphatic hydroxyl groups is 1. The first kappa shape index (κ1) is 10.3. The fraction of sp³-hybridized carbons (Fsp3) is 0.333. The maximum absolute atomic E-state index is 12.9. The monoisotopic (exact) mass is 203 g/mol. The van der Waals surface area contributed by atoms with E-state index in [-0.39, 0.29) is 11.6 Å². The first-order valence-electron chi connectivity index (χ1n) is 4.04. The van der Waals surface area contributed by atoms with Crippen LogP contribution in [0.15, 0.2) is 18.2 Å². The lowest BCUT2D eigenvalue weighted by molar-refractivity contribution is 0.292. The van der Waals surface area contributed by atoms with E-state index in [0.717, 1.165) is 0 Å². The van der Waals surface area contributed by atoms with Gasteiger partial charge in [0.25, 0.3) is 0 Å². The second kappa shape index (κ2) is 5.04. The molecule has 1 aromatic rings. The first-order chi connectivity index (χ1) is 6.25. The Morgan fingerprint density at radius 2 is 2.23 bits per heavy atom. The second-order valence-electron chi connectivity index (χ2n) is 2.61. The molecular weight excluding hydrogens is 193 g/mol. The third-order valence-corrected chi connectivity index (χ3v) is 1.99. The highest BCUT2D eigenvalue weighted by Crippen LogP contribution is 2.24. The van der Waals surface area contributed by atoms with Crippen LogP contribution in [0.4, 0.5) is 10.1 Å². The van der Waals surface area contributed by atoms with Gasteiger partial charge in [-0.3, -0.25) is 0 Å². The molecule has 2 nitrogen and oxygen atoms in total. The third kappa shape index (κ3) is 2.86. The van der Waals surface area contributed by atoms with Crippen molar-refractivity contribution >= 4 is 17.3 Å². The van der Waals surface area contributed by atoms with Crippen LogP contribution < -0.4 is 5.32 Å². The van der Waals surface area contributed by atoms with E-state index in [4.69, 9.17) is 16.7 Å². The minimum atomic E-state index is -0.435. The number of hydrogen-bond acceptors (Lipinski definition) is 2. The van der Waals surface area contributed by atoms with Crippen LogP contribution in [0.5, 0.6) is 0 Å². The summed E-state index contributed by atoms with van der Waals surface area (Å²) < 4.78 is 12.9. The topological polar surface area (TPSA) is 32.3 Å². The lowest BCUT2D eigenvalue weighted by atomic mass is 10.3. The molecule has 72 valence electrons. The molecular formula is C9H11ClFNO. The Kier molecular flexibility index (Phi) is 3.99. The molecule has 1 aromatic carbocycles. The summed E-state index contributed by atoms with van der Waals surface area (Å²) in [5.41, 5.74) is 0.565. The van der Waals surface area contributed by atoms with Crippen molar-refractivity contribution in [2.75, 3.05) is 18.5 Å². The summed E-state index contributed by atoms with van der Waals surface area (Å²) in [4.78, 5) is 0. The van der Waals surface area contributed by atoms with E-state index in [1.807, 2.05) is 0 Å². The van der Waals surface area contributed by atoms with Gasteiger partial charge in [-0.1, -0.05) is 17.7 Å². The Labute approximate surface area is 81.3 Å². The van der Waals surface area contributed by atoms with Gasteiger partial charge in [0.2, 0.25) is 0 Å². The van der Waals surface area contributed by atoms with Crippen LogP contribution in [0.25, 0.3) is 0 Å². The van der Waals surface area contributed by atoms with Crippen LogP contribution >= 0.6 is 11.6 Å². The average molecular weight is 204 g/mol. The molecule has 1 rings (SSSR count). The van der Waals surface area contributed by atoms with Gasteiger partial charge in [0, 0.05) is 13.2 Å². The molecule has 2 N–H and O–H groups in total. The van der Waals surface area contributed by atoms with Gasteiger partial charge in [-0.2, -0.15) is 0 Å². The molecule has 0 spiro atoms. The Balaban J connectivity index is 2.61. The van der Waals surface area contributed by atoms with Crippen molar-refractivity contribution in [1.29, 1.82) is 0 Å². The van der Waals surface area contributed by atoms with Crippen LogP contribution in [-0.4, -0.2) is 18.3 Å². The Bertz CT molecular complexity index is 280. The molecule has 0 fully saturated rings. The Hall–Kier alpha value is -0.800. The number of aliphatic hydroxyl groups excluding tert-OH is 1. The minimum absolute atomic E-state index is 0.0976. The van der Waals surface area contributed by atoms with E-state index < -0.39 is 5.82 Å². The lowest BCUT2D eigenvalue weighted by Gasteiger charge is -2.07. The molecule has 0 saturated carbocycles. The van der Waals surface area contributed by atoms with Crippen molar-refractivity contribution in [2.24, 2.45) is 0 Å². The molecule has 0 amide bonds. The SMILES string of the molecule is OCCCNc1cccc(F)c1Cl. The van der Waals surface area contributed by atoms with Crippen LogP contribution in [0.3, 0.4) is 0 Å². The third-order valence-electron chi connectivity index (χ3n) is 1.60. The second-order valence-corrected chi connectivity index (χ2v) is 2.98. The fourth-order valence-corrected chi connectivity index (χ4v) is 1.14. The molecule has 0 atom stereocenters. The summed E-state index contributed by atoms with van der Waals surface area (Å²) in [5.74, 6) is -0.435. The van der Waals surface area contributed by atoms with Gasteiger partial charge in [-0.05, 0) is 18.6 Å². The highest BCUT2D eigenvalue weighted by Gasteiger charge is 2.03. The first-order valence-corrected chi connectivity index (χ1v) is 4.42. The number of anilines is 1. The Morgan fingerprint density at radius 3 is 2.92 bits per heavy atom. The molecule has 0 heterocycles. The van der Waals surface area contributed by atoms with Crippen molar-refractivity contribution in [3.05, 3.63) is 29.0 Å². The van der Waals surface area contributed by atoms with Crippen LogP contribution in [0, 0.1) is 5.82 Å². The number of nitrogens with one attached hydrogen (secondary N) is 1. The van der Waals surface area contributed by atoms with E-state index >= 15 is 0 Å². The fourth-order valence-electron chi connectivity index (χ4n) is 0.942. The normalized spacial score (nSPS) is 10.1. The van der Waals surface area contributed by atoms with Gasteiger partial charge in [0.15, 0.2) is 0 Å². The number of benzene rings is 1. The lowest BCUT2D eigenvalue weighted by Crippen LogP contribution is -2.04. The largest absolute Gasteiger partial charge is 0.396 e. The smallest absolute Gasteiger partial charge is 0.143 e. The molecule has 0 unspecified atom stereocenters. The quantitative estimate of drug-likeness (QED) is 0.736. The van der Waals surface area contributed by atoms with Crippen molar-refractivity contribution in [1.82, 2.24) is 0 Å². The summed E-state index contributed by atoms with van der Waals surface area (Å²) >= 11 is 5.67. The summed E-state index contributed by atoms with van der Waals surface area (Å²) in [5, 5.41) is 11.5. The molecule has 4 heteroatoms. The van der Waals surface area contributed by atoms with E-state index in [9.17, 15) is 4.39 Å². The minimum Gasteiger partial charge on any atom is -0.396 e. The summed E-state index contributed by atoms with van der Waals surface area (Å²) in [6, 6.07) is 4.59. The maximum Gasteiger partial charge on any atom is 0.143 e. The van der Waals surface area contributed by atoms with Crippen molar-refractivity contribution in [2.45, 2.75) is 6.42 Å². The van der Waals surface area contributed by atoms with E-state index in [2.05, 4.69) is 5.32 Å². The maximum atomic E-state index is 12.9. The van der Waals surface area contributed by atoms with E-state index in [1.165, 1.54) is 6.07 Å². The van der Waals surface area contributed by atoms with E-state index in [0.29, 0.717) is 18.7 Å². The van der Waals surface area contributed by atoms with Crippen LogP contribution in [0.2, 0.25) is 5.02 Å². The molecule has 0 aromatic heterocycles. The zero-order valence-electron chi connectivity index (χ0n) is 7.06. The molecule has 0 aliphatic rings. The Morgan fingerprint density at radius 1 is 1.46 bits per heavy atom. The number of hydrogen-bond donors (Lipinski definition) is 2. The van der Waals surface area contributed by atoms with Crippen molar-refractivity contribution < 1.29 is 9.50 Å². The molecule has 0 saturated heterocycles. The predicted molar refractivity (Wildman–Crippen MR) is 51.6 cm³/mol. The molecule has 0 aliphatic heterocycles. The highest BCUT2D eigenvalue weighted by atomic mass is 35.5. The summed E-state index contributed by atoms with van der Waals surface area (Å²) in [7, 11) is 0. The van der Waals surface area contributed by atoms with E-state index in [1.54, 1.807) is 12.1 Å². The average Bonchev–Trinajstić information content (AvgIpc) is 2.13. The predicted octanol–water partition coefficient (Wildman–Crippen LogP) is 2.27. The van der Waals surface area contributed by atoms with Gasteiger partial charge in [0.05, 0.1) is 10.7 Å². The molecule has 0 radical (unpaired) electrons. The van der Waals surface area contributed by atoms with Gasteiger partial charge < -0.3 is 10.4 Å². The van der Waals surface area contributed by atoms with Gasteiger partial charge >= 0.3 is 0 Å². The molecule has 13 heavy (non-hydrogen) atoms.